The van der Waals surface area contributed by atoms with Crippen molar-refractivity contribution < 1.29 is 19.5 Å². The highest BCUT2D eigenvalue weighted by Crippen LogP contribution is 2.10. The first-order valence-electron chi connectivity index (χ1n) is 5.83. The minimum Gasteiger partial charge on any atom is -0.476 e. The second kappa shape index (κ2) is 6.14. The van der Waals surface area contributed by atoms with Gasteiger partial charge in [0.1, 0.15) is 5.01 Å². The molecule has 0 aliphatic heterocycles. The predicted octanol–water partition coefficient (Wildman–Crippen LogP) is 0.870. The lowest BCUT2D eigenvalue weighted by Crippen LogP contribution is -2.23. The van der Waals surface area contributed by atoms with Gasteiger partial charge in [0.25, 0.3) is 5.91 Å². The number of benzene rings is 1. The number of carbonyl (C=O) groups is 3. The van der Waals surface area contributed by atoms with Crippen LogP contribution in [0.5, 0.6) is 0 Å². The lowest BCUT2D eigenvalue weighted by Gasteiger charge is -2.04. The molecule has 0 saturated carbocycles. The molecule has 0 fully saturated rings. The topological polar surface area (TPSA) is 122 Å². The van der Waals surface area contributed by atoms with Crippen molar-refractivity contribution in [3.63, 3.8) is 0 Å². The molecule has 1 aromatic heterocycles. The maximum absolute atomic E-state index is 11.9. The summed E-state index contributed by atoms with van der Waals surface area (Å²) >= 11 is 1.14. The molecule has 0 aliphatic rings. The van der Waals surface area contributed by atoms with Crippen LogP contribution in [0.4, 0.5) is 0 Å². The Bertz CT molecular complexity index is 711. The van der Waals surface area contributed by atoms with Crippen LogP contribution in [0.25, 0.3) is 0 Å². The minimum atomic E-state index is -1.11. The molecule has 0 atom stereocenters. The number of carbonyl (C=O) groups excluding carboxylic acids is 2. The van der Waals surface area contributed by atoms with Gasteiger partial charge in [-0.2, -0.15) is 0 Å². The van der Waals surface area contributed by atoms with Crippen LogP contribution in [0.3, 0.4) is 0 Å². The summed E-state index contributed by atoms with van der Waals surface area (Å²) in [6.07, 6.45) is 0. The van der Waals surface area contributed by atoms with E-state index in [2.05, 4.69) is 10.3 Å². The second-order valence-corrected chi connectivity index (χ2v) is 5.00. The number of nitrogens with zero attached hydrogens (tertiary/aromatic N) is 1. The van der Waals surface area contributed by atoms with Crippen LogP contribution in [-0.2, 0) is 6.54 Å². The van der Waals surface area contributed by atoms with Gasteiger partial charge in [0, 0.05) is 16.5 Å². The SMILES string of the molecule is NC(=O)c1cccc(C(=O)NCc2nc(C(=O)O)cs2)c1. The number of carboxylic acid groups (broad SMARTS) is 1. The van der Waals surface area contributed by atoms with Crippen LogP contribution in [-0.4, -0.2) is 27.9 Å². The Balaban J connectivity index is 2.02. The lowest BCUT2D eigenvalue weighted by atomic mass is 10.1. The monoisotopic (exact) mass is 305 g/mol. The van der Waals surface area contributed by atoms with Crippen molar-refractivity contribution >= 4 is 29.1 Å². The van der Waals surface area contributed by atoms with Gasteiger partial charge in [-0.25, -0.2) is 9.78 Å². The Kier molecular flexibility index (Phi) is 4.29. The number of aromatic carboxylic acids is 1. The first-order chi connectivity index (χ1) is 9.97. The first kappa shape index (κ1) is 14.7. The van der Waals surface area contributed by atoms with Gasteiger partial charge in [0.05, 0.1) is 6.54 Å². The number of nitrogens with two attached hydrogens (primary N) is 1. The Hall–Kier alpha value is -2.74. The standard InChI is InChI=1S/C13H11N3O4S/c14-11(17)7-2-1-3-8(4-7)12(18)15-5-10-16-9(6-21-10)13(19)20/h1-4,6H,5H2,(H2,14,17)(H,15,18)(H,19,20). The third-order valence-electron chi connectivity index (χ3n) is 2.58. The van der Waals surface area contributed by atoms with Gasteiger partial charge in [-0.1, -0.05) is 6.07 Å². The van der Waals surface area contributed by atoms with Crippen molar-refractivity contribution in [3.05, 3.63) is 51.5 Å². The van der Waals surface area contributed by atoms with Gasteiger partial charge in [-0.05, 0) is 18.2 Å². The van der Waals surface area contributed by atoms with E-state index >= 15 is 0 Å². The van der Waals surface area contributed by atoms with Gasteiger partial charge in [-0.3, -0.25) is 9.59 Å². The normalized spacial score (nSPS) is 10.1. The summed E-state index contributed by atoms with van der Waals surface area (Å²) in [6, 6.07) is 6.01. The minimum absolute atomic E-state index is 0.0556. The molecule has 1 heterocycles. The molecule has 108 valence electrons. The second-order valence-electron chi connectivity index (χ2n) is 4.06. The number of thiazole rings is 1. The molecule has 8 heteroatoms. The molecule has 0 aliphatic carbocycles. The third kappa shape index (κ3) is 3.63. The number of primary amides is 1. The number of hydrogen-bond acceptors (Lipinski definition) is 5. The molecule has 0 bridgehead atoms. The number of hydrogen-bond donors (Lipinski definition) is 3. The maximum Gasteiger partial charge on any atom is 0.355 e. The van der Waals surface area contributed by atoms with Crippen molar-refractivity contribution in [2.45, 2.75) is 6.54 Å². The highest BCUT2D eigenvalue weighted by molar-refractivity contribution is 7.09. The van der Waals surface area contributed by atoms with Crippen LogP contribution >= 0.6 is 11.3 Å². The van der Waals surface area contributed by atoms with E-state index in [0.29, 0.717) is 10.6 Å². The predicted molar refractivity (Wildman–Crippen MR) is 75.2 cm³/mol. The smallest absolute Gasteiger partial charge is 0.355 e. The molecule has 2 rings (SSSR count). The van der Waals surface area contributed by atoms with E-state index in [1.807, 2.05) is 0 Å². The summed E-state index contributed by atoms with van der Waals surface area (Å²) in [4.78, 5) is 37.5. The summed E-state index contributed by atoms with van der Waals surface area (Å²) in [5, 5.41) is 13.2. The van der Waals surface area contributed by atoms with Crippen molar-refractivity contribution in [3.8, 4) is 0 Å². The van der Waals surface area contributed by atoms with Crippen molar-refractivity contribution in [2.75, 3.05) is 0 Å². The Morgan fingerprint density at radius 1 is 1.29 bits per heavy atom. The number of rotatable bonds is 5. The average molecular weight is 305 g/mol. The molecular weight excluding hydrogens is 294 g/mol. The summed E-state index contributed by atoms with van der Waals surface area (Å²) in [7, 11) is 0. The van der Waals surface area contributed by atoms with E-state index in [-0.39, 0.29) is 17.8 Å². The molecule has 0 spiro atoms. The van der Waals surface area contributed by atoms with Gasteiger partial charge in [0.15, 0.2) is 5.69 Å². The van der Waals surface area contributed by atoms with E-state index in [0.717, 1.165) is 11.3 Å². The zero-order valence-corrected chi connectivity index (χ0v) is 11.5. The quantitative estimate of drug-likeness (QED) is 0.756. The lowest BCUT2D eigenvalue weighted by molar-refractivity contribution is 0.0690. The third-order valence-corrected chi connectivity index (χ3v) is 3.43. The number of nitrogens with one attached hydrogen (secondary N) is 1. The molecule has 2 aromatic rings. The van der Waals surface area contributed by atoms with Crippen molar-refractivity contribution in [1.82, 2.24) is 10.3 Å². The van der Waals surface area contributed by atoms with Crippen molar-refractivity contribution in [2.24, 2.45) is 5.73 Å². The van der Waals surface area contributed by atoms with E-state index in [4.69, 9.17) is 10.8 Å². The summed E-state index contributed by atoms with van der Waals surface area (Å²) < 4.78 is 0. The summed E-state index contributed by atoms with van der Waals surface area (Å²) in [5.41, 5.74) is 5.62. The molecule has 0 radical (unpaired) electrons. The molecule has 21 heavy (non-hydrogen) atoms. The number of carboxylic acids is 1. The highest BCUT2D eigenvalue weighted by atomic mass is 32.1. The van der Waals surface area contributed by atoms with Crippen molar-refractivity contribution in [1.29, 1.82) is 0 Å². The van der Waals surface area contributed by atoms with Crippen LogP contribution in [0.2, 0.25) is 0 Å². The molecular formula is C13H11N3O4S. The van der Waals surface area contributed by atoms with Gasteiger partial charge >= 0.3 is 5.97 Å². The Labute approximate surface area is 123 Å². The molecule has 2 amide bonds. The number of aromatic nitrogens is 1. The van der Waals surface area contributed by atoms with Gasteiger partial charge < -0.3 is 16.2 Å². The largest absolute Gasteiger partial charge is 0.476 e. The maximum atomic E-state index is 11.9. The zero-order valence-electron chi connectivity index (χ0n) is 10.7. The van der Waals surface area contributed by atoms with Crippen LogP contribution in [0.15, 0.2) is 29.6 Å². The number of amides is 2. The van der Waals surface area contributed by atoms with E-state index < -0.39 is 17.8 Å². The molecule has 0 saturated heterocycles. The van der Waals surface area contributed by atoms with Crippen LogP contribution in [0, 0.1) is 0 Å². The van der Waals surface area contributed by atoms with Gasteiger partial charge in [-0.15, -0.1) is 11.3 Å². The fourth-order valence-corrected chi connectivity index (χ4v) is 2.27. The molecule has 4 N–H and O–H groups in total. The van der Waals surface area contributed by atoms with E-state index in [9.17, 15) is 14.4 Å². The molecule has 1 aromatic carbocycles. The fourth-order valence-electron chi connectivity index (χ4n) is 1.56. The molecule has 0 unspecified atom stereocenters. The first-order valence-corrected chi connectivity index (χ1v) is 6.71. The van der Waals surface area contributed by atoms with Crippen LogP contribution < -0.4 is 11.1 Å². The van der Waals surface area contributed by atoms with E-state index in [1.165, 1.54) is 17.5 Å². The Morgan fingerprint density at radius 3 is 2.62 bits per heavy atom. The van der Waals surface area contributed by atoms with Crippen LogP contribution in [0.1, 0.15) is 36.2 Å². The molecule has 7 nitrogen and oxygen atoms in total. The summed E-state index contributed by atoms with van der Waals surface area (Å²) in [6.45, 7) is 0.109. The fraction of sp³-hybridized carbons (Fsp3) is 0.0769. The van der Waals surface area contributed by atoms with E-state index in [1.54, 1.807) is 12.1 Å². The average Bonchev–Trinajstić information content (AvgIpc) is 2.94. The Morgan fingerprint density at radius 2 is 2.00 bits per heavy atom. The zero-order chi connectivity index (χ0) is 15.4. The summed E-state index contributed by atoms with van der Waals surface area (Å²) in [5.74, 6) is -2.13. The van der Waals surface area contributed by atoms with Gasteiger partial charge in [0.2, 0.25) is 5.91 Å². The highest BCUT2D eigenvalue weighted by Gasteiger charge is 2.11.